The zero-order valence-corrected chi connectivity index (χ0v) is 11.5. The van der Waals surface area contributed by atoms with E-state index < -0.39 is 11.2 Å². The highest BCUT2D eigenvalue weighted by Crippen LogP contribution is 2.29. The Morgan fingerprint density at radius 1 is 1.11 bits per heavy atom. The highest BCUT2D eigenvalue weighted by Gasteiger charge is 2.21. The van der Waals surface area contributed by atoms with Crippen LogP contribution >= 0.6 is 23.2 Å². The normalized spacial score (nSPS) is 12.2. The molecule has 0 aromatic heterocycles. The summed E-state index contributed by atoms with van der Waals surface area (Å²) in [7, 11) is 0. The Labute approximate surface area is 121 Å². The van der Waals surface area contributed by atoms with Gasteiger partial charge in [-0.05, 0) is 47.3 Å². The summed E-state index contributed by atoms with van der Waals surface area (Å²) in [6.07, 6.45) is 0.395. The van der Waals surface area contributed by atoms with E-state index in [0.29, 0.717) is 17.0 Å². The number of rotatable bonds is 4. The third-order valence-electron chi connectivity index (χ3n) is 2.91. The Hall–Kier alpha value is -1.38. The van der Waals surface area contributed by atoms with Gasteiger partial charge in [-0.3, -0.25) is 4.79 Å². The SMILES string of the molecule is O=C(Cl)C(Cc1ccc(F)cc1)c1ccccc1Cl. The first-order valence-corrected chi connectivity index (χ1v) is 6.51. The van der Waals surface area contributed by atoms with Crippen molar-refractivity contribution in [3.05, 3.63) is 70.5 Å². The van der Waals surface area contributed by atoms with Gasteiger partial charge in [0.05, 0.1) is 5.92 Å². The number of hydrogen-bond donors (Lipinski definition) is 0. The summed E-state index contributed by atoms with van der Waals surface area (Å²) < 4.78 is 12.9. The summed E-state index contributed by atoms with van der Waals surface area (Å²) in [4.78, 5) is 11.6. The largest absolute Gasteiger partial charge is 0.281 e. The summed E-state index contributed by atoms with van der Waals surface area (Å²) in [6.45, 7) is 0. The molecule has 0 aliphatic rings. The minimum Gasteiger partial charge on any atom is -0.281 e. The van der Waals surface area contributed by atoms with Crippen LogP contribution in [0.1, 0.15) is 17.0 Å². The smallest absolute Gasteiger partial charge is 0.229 e. The lowest BCUT2D eigenvalue weighted by Gasteiger charge is -2.14. The van der Waals surface area contributed by atoms with Crippen molar-refractivity contribution < 1.29 is 9.18 Å². The van der Waals surface area contributed by atoms with Gasteiger partial charge in [-0.15, -0.1) is 0 Å². The van der Waals surface area contributed by atoms with E-state index in [1.807, 2.05) is 0 Å². The van der Waals surface area contributed by atoms with Crippen LogP contribution in [-0.4, -0.2) is 5.24 Å². The molecule has 0 heterocycles. The maximum absolute atomic E-state index is 12.9. The molecule has 0 radical (unpaired) electrons. The molecular formula is C15H11Cl2FO. The molecule has 0 aliphatic heterocycles. The minimum atomic E-state index is -0.527. The molecule has 1 unspecified atom stereocenters. The Kier molecular flexibility index (Phi) is 4.56. The van der Waals surface area contributed by atoms with Crippen LogP contribution in [0.5, 0.6) is 0 Å². The lowest BCUT2D eigenvalue weighted by molar-refractivity contribution is -0.113. The predicted octanol–water partition coefficient (Wildman–Crippen LogP) is 4.57. The van der Waals surface area contributed by atoms with Gasteiger partial charge < -0.3 is 0 Å². The van der Waals surface area contributed by atoms with Crippen LogP contribution in [0.3, 0.4) is 0 Å². The number of carbonyl (C=O) groups is 1. The zero-order valence-electron chi connectivity index (χ0n) is 9.95. The molecule has 0 spiro atoms. The first-order valence-electron chi connectivity index (χ1n) is 5.76. The Balaban J connectivity index is 2.29. The monoisotopic (exact) mass is 296 g/mol. The maximum atomic E-state index is 12.9. The van der Waals surface area contributed by atoms with Gasteiger partial charge in [-0.1, -0.05) is 41.9 Å². The molecule has 0 fully saturated rings. The zero-order chi connectivity index (χ0) is 13.8. The van der Waals surface area contributed by atoms with Crippen molar-refractivity contribution in [2.24, 2.45) is 0 Å². The number of carbonyl (C=O) groups excluding carboxylic acids is 1. The fourth-order valence-corrected chi connectivity index (χ4v) is 2.39. The Morgan fingerprint density at radius 3 is 2.32 bits per heavy atom. The van der Waals surface area contributed by atoms with Crippen molar-refractivity contribution in [3.8, 4) is 0 Å². The van der Waals surface area contributed by atoms with Crippen molar-refractivity contribution in [2.45, 2.75) is 12.3 Å². The van der Waals surface area contributed by atoms with Crippen LogP contribution in [-0.2, 0) is 11.2 Å². The fraction of sp³-hybridized carbons (Fsp3) is 0.133. The molecule has 19 heavy (non-hydrogen) atoms. The van der Waals surface area contributed by atoms with Crippen molar-refractivity contribution in [1.29, 1.82) is 0 Å². The molecule has 1 nitrogen and oxygen atoms in total. The van der Waals surface area contributed by atoms with Crippen molar-refractivity contribution in [3.63, 3.8) is 0 Å². The topological polar surface area (TPSA) is 17.1 Å². The van der Waals surface area contributed by atoms with Gasteiger partial charge in [0.2, 0.25) is 5.24 Å². The van der Waals surface area contributed by atoms with Gasteiger partial charge in [0.15, 0.2) is 0 Å². The molecule has 0 amide bonds. The standard InChI is InChI=1S/C15H11Cl2FO/c16-14-4-2-1-3-12(14)13(15(17)19)9-10-5-7-11(18)8-6-10/h1-8,13H,9H2. The van der Waals surface area contributed by atoms with E-state index in [1.54, 1.807) is 36.4 Å². The number of halogens is 3. The van der Waals surface area contributed by atoms with E-state index >= 15 is 0 Å². The Bertz CT molecular complexity index is 581. The van der Waals surface area contributed by atoms with Crippen molar-refractivity contribution >= 4 is 28.4 Å². The summed E-state index contributed by atoms with van der Waals surface area (Å²) in [5, 5.41) is 0.0287. The van der Waals surface area contributed by atoms with Crippen LogP contribution in [0.4, 0.5) is 4.39 Å². The Morgan fingerprint density at radius 2 is 1.74 bits per heavy atom. The summed E-state index contributed by atoms with van der Waals surface area (Å²) in [5.41, 5.74) is 1.52. The second kappa shape index (κ2) is 6.18. The number of hydrogen-bond acceptors (Lipinski definition) is 1. The van der Waals surface area contributed by atoms with Crippen LogP contribution < -0.4 is 0 Å². The van der Waals surface area contributed by atoms with E-state index in [2.05, 4.69) is 0 Å². The molecule has 0 saturated heterocycles. The molecule has 4 heteroatoms. The van der Waals surface area contributed by atoms with Crippen LogP contribution in [0.15, 0.2) is 48.5 Å². The third kappa shape index (κ3) is 3.55. The van der Waals surface area contributed by atoms with E-state index in [9.17, 15) is 9.18 Å². The highest BCUT2D eigenvalue weighted by molar-refractivity contribution is 6.64. The second-order valence-corrected chi connectivity index (χ2v) is 4.99. The molecule has 2 aromatic carbocycles. The minimum absolute atomic E-state index is 0.310. The molecular weight excluding hydrogens is 286 g/mol. The van der Waals surface area contributed by atoms with E-state index in [-0.39, 0.29) is 5.82 Å². The average Bonchev–Trinajstić information content (AvgIpc) is 2.39. The molecule has 0 N–H and O–H groups in total. The van der Waals surface area contributed by atoms with Gasteiger partial charge in [-0.25, -0.2) is 4.39 Å². The lowest BCUT2D eigenvalue weighted by Crippen LogP contribution is -2.10. The van der Waals surface area contributed by atoms with Gasteiger partial charge in [0, 0.05) is 5.02 Å². The molecule has 1 atom stereocenters. The molecule has 98 valence electrons. The summed E-state index contributed by atoms with van der Waals surface area (Å²) >= 11 is 11.7. The molecule has 0 bridgehead atoms. The summed E-state index contributed by atoms with van der Waals surface area (Å²) in [5.74, 6) is -0.837. The maximum Gasteiger partial charge on any atom is 0.229 e. The van der Waals surface area contributed by atoms with Gasteiger partial charge in [0.1, 0.15) is 5.82 Å². The average molecular weight is 297 g/mol. The van der Waals surface area contributed by atoms with Gasteiger partial charge in [0.25, 0.3) is 0 Å². The molecule has 2 rings (SSSR count). The van der Waals surface area contributed by atoms with Crippen LogP contribution in [0.2, 0.25) is 5.02 Å². The molecule has 2 aromatic rings. The quantitative estimate of drug-likeness (QED) is 0.755. The third-order valence-corrected chi connectivity index (χ3v) is 3.52. The molecule has 0 saturated carbocycles. The van der Waals surface area contributed by atoms with Crippen molar-refractivity contribution in [2.75, 3.05) is 0 Å². The summed E-state index contributed by atoms with van der Waals surface area (Å²) in [6, 6.07) is 13.1. The van der Waals surface area contributed by atoms with E-state index in [4.69, 9.17) is 23.2 Å². The van der Waals surface area contributed by atoms with Crippen molar-refractivity contribution in [1.82, 2.24) is 0 Å². The first-order chi connectivity index (χ1) is 9.08. The second-order valence-electron chi connectivity index (χ2n) is 4.21. The first kappa shape index (κ1) is 14.0. The lowest BCUT2D eigenvalue weighted by atomic mass is 9.93. The van der Waals surface area contributed by atoms with Gasteiger partial charge >= 0.3 is 0 Å². The molecule has 0 aliphatic carbocycles. The highest BCUT2D eigenvalue weighted by atomic mass is 35.5. The van der Waals surface area contributed by atoms with E-state index in [0.717, 1.165) is 5.56 Å². The van der Waals surface area contributed by atoms with Crippen LogP contribution in [0.25, 0.3) is 0 Å². The van der Waals surface area contributed by atoms with Crippen LogP contribution in [0, 0.1) is 5.82 Å². The van der Waals surface area contributed by atoms with Gasteiger partial charge in [-0.2, -0.15) is 0 Å². The fourth-order valence-electron chi connectivity index (χ4n) is 1.93. The van der Waals surface area contributed by atoms with E-state index in [1.165, 1.54) is 12.1 Å². The number of benzene rings is 2. The predicted molar refractivity (Wildman–Crippen MR) is 75.2 cm³/mol.